The van der Waals surface area contributed by atoms with E-state index in [4.69, 9.17) is 5.73 Å². The van der Waals surface area contributed by atoms with Gasteiger partial charge in [0.1, 0.15) is 11.5 Å². The molecule has 0 amide bonds. The number of hydrogen-bond donors (Lipinski definition) is 2. The molecule has 3 N–H and O–H groups in total. The molecular weight excluding hydrogens is 188 g/mol. The summed E-state index contributed by atoms with van der Waals surface area (Å²) in [6, 6.07) is 2.04. The third kappa shape index (κ3) is 1.98. The molecule has 1 aliphatic rings. The summed E-state index contributed by atoms with van der Waals surface area (Å²) in [6.07, 6.45) is 5.66. The molecule has 1 aromatic heterocycles. The van der Waals surface area contributed by atoms with Gasteiger partial charge in [-0.25, -0.2) is 4.98 Å². The molecule has 2 heterocycles. The molecular formula is C11H18N4. The Morgan fingerprint density at radius 1 is 1.33 bits per heavy atom. The summed E-state index contributed by atoms with van der Waals surface area (Å²) in [5, 5.41) is 3.13. The summed E-state index contributed by atoms with van der Waals surface area (Å²) < 4.78 is 0. The zero-order valence-electron chi connectivity index (χ0n) is 9.16. The van der Waals surface area contributed by atoms with Crippen LogP contribution in [0.25, 0.3) is 0 Å². The van der Waals surface area contributed by atoms with Gasteiger partial charge in [0.25, 0.3) is 0 Å². The van der Waals surface area contributed by atoms with Crippen molar-refractivity contribution in [3.63, 3.8) is 0 Å². The highest BCUT2D eigenvalue weighted by Gasteiger charge is 2.15. The molecule has 0 spiro atoms. The number of piperidine rings is 1. The van der Waals surface area contributed by atoms with Crippen LogP contribution in [0, 0.1) is 0 Å². The molecule has 4 nitrogen and oxygen atoms in total. The highest BCUT2D eigenvalue weighted by atomic mass is 15.2. The predicted octanol–water partition coefficient (Wildman–Crippen LogP) is 1.70. The Hall–Kier alpha value is -1.45. The third-order valence-corrected chi connectivity index (χ3v) is 2.91. The molecule has 1 fully saturated rings. The van der Waals surface area contributed by atoms with Gasteiger partial charge >= 0.3 is 0 Å². The van der Waals surface area contributed by atoms with E-state index in [-0.39, 0.29) is 0 Å². The monoisotopic (exact) mass is 206 g/mol. The lowest BCUT2D eigenvalue weighted by Gasteiger charge is -2.30. The smallest absolute Gasteiger partial charge is 0.148 e. The number of rotatable bonds is 2. The maximum Gasteiger partial charge on any atom is 0.148 e. The second kappa shape index (κ2) is 4.38. The average Bonchev–Trinajstić information content (AvgIpc) is 2.30. The number of pyridine rings is 1. The van der Waals surface area contributed by atoms with E-state index in [2.05, 4.69) is 15.2 Å². The third-order valence-electron chi connectivity index (χ3n) is 2.91. The Kier molecular flexibility index (Phi) is 2.94. The molecule has 4 heteroatoms. The summed E-state index contributed by atoms with van der Waals surface area (Å²) in [5.74, 6) is 0.584. The SMILES string of the molecule is CNc1c(N2CCCCC2)ccnc1N. The summed E-state index contributed by atoms with van der Waals surface area (Å²) in [6.45, 7) is 2.25. The Balaban J connectivity index is 2.29. The quantitative estimate of drug-likeness (QED) is 0.773. The van der Waals surface area contributed by atoms with E-state index in [0.29, 0.717) is 5.82 Å². The normalized spacial score (nSPS) is 16.5. The fourth-order valence-corrected chi connectivity index (χ4v) is 2.12. The van der Waals surface area contributed by atoms with Crippen molar-refractivity contribution in [3.05, 3.63) is 12.3 Å². The molecule has 15 heavy (non-hydrogen) atoms. The molecule has 0 radical (unpaired) electrons. The van der Waals surface area contributed by atoms with E-state index >= 15 is 0 Å². The first kappa shape index (κ1) is 10.1. The van der Waals surface area contributed by atoms with Gasteiger partial charge in [0, 0.05) is 26.3 Å². The Labute approximate surface area is 90.5 Å². The van der Waals surface area contributed by atoms with Crippen LogP contribution in [0.1, 0.15) is 19.3 Å². The highest BCUT2D eigenvalue weighted by molar-refractivity contribution is 5.79. The van der Waals surface area contributed by atoms with Crippen molar-refractivity contribution in [3.8, 4) is 0 Å². The van der Waals surface area contributed by atoms with E-state index in [1.807, 2.05) is 13.1 Å². The van der Waals surface area contributed by atoms with Crippen LogP contribution in [0.15, 0.2) is 12.3 Å². The minimum Gasteiger partial charge on any atom is -0.383 e. The molecule has 0 aromatic carbocycles. The zero-order valence-corrected chi connectivity index (χ0v) is 9.16. The van der Waals surface area contributed by atoms with Gasteiger partial charge in [0.15, 0.2) is 0 Å². The molecule has 1 aromatic rings. The lowest BCUT2D eigenvalue weighted by Crippen LogP contribution is -2.30. The number of anilines is 3. The number of hydrogen-bond acceptors (Lipinski definition) is 4. The first-order valence-electron chi connectivity index (χ1n) is 5.50. The largest absolute Gasteiger partial charge is 0.383 e. The molecule has 0 saturated carbocycles. The number of nitrogens with one attached hydrogen (secondary N) is 1. The maximum atomic E-state index is 5.84. The Bertz CT molecular complexity index is 331. The van der Waals surface area contributed by atoms with E-state index in [0.717, 1.165) is 18.8 Å². The standard InChI is InChI=1S/C11H18N4/c1-13-10-9(5-6-14-11(10)12)15-7-3-2-4-8-15/h5-6,13H,2-4,7-8H2,1H3,(H2,12,14). The van der Waals surface area contributed by atoms with Crippen molar-refractivity contribution in [2.75, 3.05) is 36.1 Å². The van der Waals surface area contributed by atoms with Crippen LogP contribution in [0.3, 0.4) is 0 Å². The molecule has 0 unspecified atom stereocenters. The molecule has 2 rings (SSSR count). The lowest BCUT2D eigenvalue weighted by molar-refractivity contribution is 0.578. The van der Waals surface area contributed by atoms with Crippen molar-refractivity contribution in [1.29, 1.82) is 0 Å². The molecule has 0 atom stereocenters. The summed E-state index contributed by atoms with van der Waals surface area (Å²) in [7, 11) is 1.89. The molecule has 82 valence electrons. The van der Waals surface area contributed by atoms with Crippen LogP contribution >= 0.6 is 0 Å². The molecule has 1 saturated heterocycles. The highest BCUT2D eigenvalue weighted by Crippen LogP contribution is 2.31. The van der Waals surface area contributed by atoms with Crippen LogP contribution in [-0.2, 0) is 0 Å². The Morgan fingerprint density at radius 2 is 2.07 bits per heavy atom. The second-order valence-electron chi connectivity index (χ2n) is 3.89. The van der Waals surface area contributed by atoms with Gasteiger partial charge in [-0.05, 0) is 25.3 Å². The van der Waals surface area contributed by atoms with E-state index in [9.17, 15) is 0 Å². The fraction of sp³-hybridized carbons (Fsp3) is 0.545. The summed E-state index contributed by atoms with van der Waals surface area (Å²) in [5.41, 5.74) is 7.98. The topological polar surface area (TPSA) is 54.2 Å². The number of nitrogens with zero attached hydrogens (tertiary/aromatic N) is 2. The number of nitrogen functional groups attached to an aromatic ring is 1. The summed E-state index contributed by atoms with van der Waals surface area (Å²) in [4.78, 5) is 6.48. The molecule has 0 bridgehead atoms. The van der Waals surface area contributed by atoms with Gasteiger partial charge in [-0.3, -0.25) is 0 Å². The number of nitrogens with two attached hydrogens (primary N) is 1. The van der Waals surface area contributed by atoms with Crippen LogP contribution in [0.5, 0.6) is 0 Å². The zero-order chi connectivity index (χ0) is 10.7. The predicted molar refractivity (Wildman–Crippen MR) is 64.3 cm³/mol. The first-order chi connectivity index (χ1) is 7.33. The van der Waals surface area contributed by atoms with E-state index in [1.165, 1.54) is 24.9 Å². The van der Waals surface area contributed by atoms with Crippen molar-refractivity contribution >= 4 is 17.2 Å². The molecule has 0 aliphatic carbocycles. The Morgan fingerprint density at radius 3 is 2.73 bits per heavy atom. The van der Waals surface area contributed by atoms with Gasteiger partial charge in [-0.1, -0.05) is 0 Å². The van der Waals surface area contributed by atoms with Gasteiger partial charge in [0.05, 0.1) is 5.69 Å². The van der Waals surface area contributed by atoms with Gasteiger partial charge in [-0.15, -0.1) is 0 Å². The van der Waals surface area contributed by atoms with E-state index in [1.54, 1.807) is 6.20 Å². The van der Waals surface area contributed by atoms with Crippen LogP contribution in [0.4, 0.5) is 17.2 Å². The minimum absolute atomic E-state index is 0.584. The number of aromatic nitrogens is 1. The van der Waals surface area contributed by atoms with Gasteiger partial charge in [-0.2, -0.15) is 0 Å². The average molecular weight is 206 g/mol. The van der Waals surface area contributed by atoms with Crippen molar-refractivity contribution < 1.29 is 0 Å². The van der Waals surface area contributed by atoms with Crippen LogP contribution in [-0.4, -0.2) is 25.1 Å². The fourth-order valence-electron chi connectivity index (χ4n) is 2.12. The van der Waals surface area contributed by atoms with Crippen molar-refractivity contribution in [2.45, 2.75) is 19.3 Å². The first-order valence-corrected chi connectivity index (χ1v) is 5.50. The molecule has 1 aliphatic heterocycles. The minimum atomic E-state index is 0.584. The van der Waals surface area contributed by atoms with Crippen molar-refractivity contribution in [1.82, 2.24) is 4.98 Å². The van der Waals surface area contributed by atoms with Gasteiger partial charge < -0.3 is 16.0 Å². The lowest BCUT2D eigenvalue weighted by atomic mass is 10.1. The van der Waals surface area contributed by atoms with Crippen molar-refractivity contribution in [2.24, 2.45) is 0 Å². The summed E-state index contributed by atoms with van der Waals surface area (Å²) >= 11 is 0. The second-order valence-corrected chi connectivity index (χ2v) is 3.89. The maximum absolute atomic E-state index is 5.84. The van der Waals surface area contributed by atoms with Gasteiger partial charge in [0.2, 0.25) is 0 Å². The van der Waals surface area contributed by atoms with Crippen LogP contribution < -0.4 is 16.0 Å². The van der Waals surface area contributed by atoms with Crippen LogP contribution in [0.2, 0.25) is 0 Å². The van der Waals surface area contributed by atoms with E-state index < -0.39 is 0 Å².